The topological polar surface area (TPSA) is 40.2 Å². The zero-order valence-electron chi connectivity index (χ0n) is 12.1. The molecular formula is C17H24N2O. The lowest BCUT2D eigenvalue weighted by Gasteiger charge is -2.24. The van der Waals surface area contributed by atoms with E-state index in [2.05, 4.69) is 34.9 Å². The molecule has 0 unspecified atom stereocenters. The van der Waals surface area contributed by atoms with Crippen molar-refractivity contribution in [3.63, 3.8) is 0 Å². The molecule has 1 saturated heterocycles. The summed E-state index contributed by atoms with van der Waals surface area (Å²) in [6.07, 6.45) is 4.50. The molecule has 20 heavy (non-hydrogen) atoms. The van der Waals surface area contributed by atoms with Gasteiger partial charge in [0, 0.05) is 31.0 Å². The van der Waals surface area contributed by atoms with Crippen LogP contribution in [0.25, 0.3) is 10.9 Å². The van der Waals surface area contributed by atoms with Crippen molar-refractivity contribution >= 4 is 10.9 Å². The SMILES string of the molecule is NCCCc1cc2ccccc2n1CC1CCOCC1. The van der Waals surface area contributed by atoms with Crippen molar-refractivity contribution in [3.8, 4) is 0 Å². The number of hydrogen-bond acceptors (Lipinski definition) is 2. The highest BCUT2D eigenvalue weighted by Crippen LogP contribution is 2.25. The van der Waals surface area contributed by atoms with Gasteiger partial charge in [-0.2, -0.15) is 0 Å². The number of aryl methyl sites for hydroxylation is 1. The van der Waals surface area contributed by atoms with Crippen molar-refractivity contribution in [2.24, 2.45) is 11.7 Å². The molecular weight excluding hydrogens is 248 g/mol. The first-order chi connectivity index (χ1) is 9.88. The van der Waals surface area contributed by atoms with Crippen LogP contribution in [0.2, 0.25) is 0 Å². The number of nitrogens with zero attached hydrogens (tertiary/aromatic N) is 1. The first kappa shape index (κ1) is 13.7. The molecule has 0 spiro atoms. The van der Waals surface area contributed by atoms with Gasteiger partial charge in [-0.3, -0.25) is 0 Å². The predicted molar refractivity (Wildman–Crippen MR) is 82.9 cm³/mol. The van der Waals surface area contributed by atoms with E-state index in [9.17, 15) is 0 Å². The molecule has 2 heterocycles. The number of benzene rings is 1. The van der Waals surface area contributed by atoms with E-state index in [1.807, 2.05) is 0 Å². The molecule has 3 heteroatoms. The van der Waals surface area contributed by atoms with Gasteiger partial charge in [-0.25, -0.2) is 0 Å². The Morgan fingerprint density at radius 2 is 2.00 bits per heavy atom. The third-order valence-electron chi connectivity index (χ3n) is 4.32. The summed E-state index contributed by atoms with van der Waals surface area (Å²) in [5.41, 5.74) is 8.48. The van der Waals surface area contributed by atoms with Crippen molar-refractivity contribution in [1.82, 2.24) is 4.57 Å². The second-order valence-corrected chi connectivity index (χ2v) is 5.75. The van der Waals surface area contributed by atoms with E-state index in [1.165, 1.54) is 29.4 Å². The van der Waals surface area contributed by atoms with Gasteiger partial charge in [-0.15, -0.1) is 0 Å². The van der Waals surface area contributed by atoms with E-state index < -0.39 is 0 Å². The highest BCUT2D eigenvalue weighted by Gasteiger charge is 2.17. The Kier molecular flexibility index (Phi) is 4.38. The van der Waals surface area contributed by atoms with E-state index in [-0.39, 0.29) is 0 Å². The number of ether oxygens (including phenoxy) is 1. The molecule has 1 fully saturated rings. The van der Waals surface area contributed by atoms with Crippen molar-refractivity contribution in [3.05, 3.63) is 36.0 Å². The van der Waals surface area contributed by atoms with Crippen LogP contribution in [0.3, 0.4) is 0 Å². The monoisotopic (exact) mass is 272 g/mol. The van der Waals surface area contributed by atoms with Gasteiger partial charge < -0.3 is 15.0 Å². The van der Waals surface area contributed by atoms with Crippen LogP contribution < -0.4 is 5.73 Å². The summed E-state index contributed by atoms with van der Waals surface area (Å²) in [4.78, 5) is 0. The lowest BCUT2D eigenvalue weighted by atomic mass is 10.00. The number of nitrogens with two attached hydrogens (primary N) is 1. The van der Waals surface area contributed by atoms with Gasteiger partial charge in [0.25, 0.3) is 0 Å². The Labute approximate surface area is 120 Å². The molecule has 1 aromatic carbocycles. The number of para-hydroxylation sites is 1. The average molecular weight is 272 g/mol. The Morgan fingerprint density at radius 1 is 1.20 bits per heavy atom. The van der Waals surface area contributed by atoms with Crippen molar-refractivity contribution < 1.29 is 4.74 Å². The lowest BCUT2D eigenvalue weighted by Crippen LogP contribution is -2.21. The molecule has 0 amide bonds. The van der Waals surface area contributed by atoms with Gasteiger partial charge >= 0.3 is 0 Å². The molecule has 2 N–H and O–H groups in total. The Morgan fingerprint density at radius 3 is 2.80 bits per heavy atom. The summed E-state index contributed by atoms with van der Waals surface area (Å²) in [6, 6.07) is 11.0. The molecule has 0 atom stereocenters. The first-order valence-electron chi connectivity index (χ1n) is 7.73. The third-order valence-corrected chi connectivity index (χ3v) is 4.32. The summed E-state index contributed by atoms with van der Waals surface area (Å²) in [7, 11) is 0. The summed E-state index contributed by atoms with van der Waals surface area (Å²) in [5, 5.41) is 1.35. The predicted octanol–water partition coefficient (Wildman–Crippen LogP) is 2.96. The highest BCUT2D eigenvalue weighted by atomic mass is 16.5. The van der Waals surface area contributed by atoms with Crippen LogP contribution in [0.1, 0.15) is 25.0 Å². The number of fused-ring (bicyclic) bond motifs is 1. The van der Waals surface area contributed by atoms with Gasteiger partial charge in [0.15, 0.2) is 0 Å². The zero-order valence-corrected chi connectivity index (χ0v) is 12.1. The molecule has 1 aliphatic heterocycles. The number of aromatic nitrogens is 1. The molecule has 0 radical (unpaired) electrons. The molecule has 1 aliphatic rings. The molecule has 0 aliphatic carbocycles. The highest BCUT2D eigenvalue weighted by molar-refractivity contribution is 5.81. The van der Waals surface area contributed by atoms with E-state index in [0.29, 0.717) is 0 Å². The standard InChI is InChI=1S/C17H24N2O/c18-9-3-5-16-12-15-4-1-2-6-17(15)19(16)13-14-7-10-20-11-8-14/h1-2,4,6,12,14H,3,5,7-11,13,18H2. The van der Waals surface area contributed by atoms with Gasteiger partial charge in [-0.05, 0) is 55.7 Å². The maximum absolute atomic E-state index is 5.68. The Balaban J connectivity index is 1.88. The van der Waals surface area contributed by atoms with E-state index >= 15 is 0 Å². The van der Waals surface area contributed by atoms with Crippen LogP contribution in [-0.4, -0.2) is 24.3 Å². The largest absolute Gasteiger partial charge is 0.381 e. The van der Waals surface area contributed by atoms with E-state index in [1.54, 1.807) is 0 Å². The van der Waals surface area contributed by atoms with Crippen molar-refractivity contribution in [2.75, 3.05) is 19.8 Å². The molecule has 1 aromatic heterocycles. The second kappa shape index (κ2) is 6.42. The zero-order chi connectivity index (χ0) is 13.8. The smallest absolute Gasteiger partial charge is 0.0482 e. The summed E-state index contributed by atoms with van der Waals surface area (Å²) in [5.74, 6) is 0.746. The third kappa shape index (κ3) is 2.89. The van der Waals surface area contributed by atoms with Gasteiger partial charge in [0.1, 0.15) is 0 Å². The average Bonchev–Trinajstić information content (AvgIpc) is 2.84. The summed E-state index contributed by atoms with van der Waals surface area (Å²) in [6.45, 7) is 3.72. The first-order valence-corrected chi connectivity index (χ1v) is 7.73. The minimum Gasteiger partial charge on any atom is -0.381 e. The van der Waals surface area contributed by atoms with Crippen LogP contribution in [0.15, 0.2) is 30.3 Å². The Bertz CT molecular complexity index is 555. The number of hydrogen-bond donors (Lipinski definition) is 1. The molecule has 0 saturated carbocycles. The fourth-order valence-electron chi connectivity index (χ4n) is 3.16. The minimum absolute atomic E-state index is 0.746. The number of rotatable bonds is 5. The molecule has 108 valence electrons. The molecule has 3 rings (SSSR count). The molecule has 3 nitrogen and oxygen atoms in total. The van der Waals surface area contributed by atoms with Crippen LogP contribution in [0.5, 0.6) is 0 Å². The minimum atomic E-state index is 0.746. The maximum Gasteiger partial charge on any atom is 0.0482 e. The normalized spacial score (nSPS) is 16.9. The van der Waals surface area contributed by atoms with Gasteiger partial charge in [0.05, 0.1) is 0 Å². The van der Waals surface area contributed by atoms with Crippen molar-refractivity contribution in [1.29, 1.82) is 0 Å². The molecule has 2 aromatic rings. The fraction of sp³-hybridized carbons (Fsp3) is 0.529. The van der Waals surface area contributed by atoms with E-state index in [4.69, 9.17) is 10.5 Å². The second-order valence-electron chi connectivity index (χ2n) is 5.75. The van der Waals surface area contributed by atoms with Crippen LogP contribution in [-0.2, 0) is 17.7 Å². The fourth-order valence-corrected chi connectivity index (χ4v) is 3.16. The summed E-state index contributed by atoms with van der Waals surface area (Å²) < 4.78 is 7.99. The van der Waals surface area contributed by atoms with E-state index in [0.717, 1.165) is 45.1 Å². The van der Waals surface area contributed by atoms with Crippen LogP contribution in [0.4, 0.5) is 0 Å². The Hall–Kier alpha value is -1.32. The van der Waals surface area contributed by atoms with Crippen molar-refractivity contribution in [2.45, 2.75) is 32.2 Å². The van der Waals surface area contributed by atoms with Crippen LogP contribution >= 0.6 is 0 Å². The van der Waals surface area contributed by atoms with Gasteiger partial charge in [-0.1, -0.05) is 18.2 Å². The quantitative estimate of drug-likeness (QED) is 0.909. The summed E-state index contributed by atoms with van der Waals surface area (Å²) >= 11 is 0. The lowest BCUT2D eigenvalue weighted by molar-refractivity contribution is 0.0614. The molecule has 0 bridgehead atoms. The maximum atomic E-state index is 5.68. The van der Waals surface area contributed by atoms with Crippen LogP contribution in [0, 0.1) is 5.92 Å². The van der Waals surface area contributed by atoms with Gasteiger partial charge in [0.2, 0.25) is 0 Å².